The van der Waals surface area contributed by atoms with Gasteiger partial charge in [0.25, 0.3) is 5.56 Å². The predicted molar refractivity (Wildman–Crippen MR) is 127 cm³/mol. The topological polar surface area (TPSA) is 82.2 Å². The first-order chi connectivity index (χ1) is 16.2. The van der Waals surface area contributed by atoms with Crippen molar-refractivity contribution >= 4 is 11.0 Å². The first-order valence-corrected chi connectivity index (χ1v) is 10.6. The fourth-order valence-corrected chi connectivity index (χ4v) is 3.68. The molecular weight excluding hydrogens is 416 g/mol. The lowest BCUT2D eigenvalue weighted by Crippen LogP contribution is -2.30. The highest BCUT2D eigenvalue weighted by atomic mass is 16.5. The van der Waals surface area contributed by atoms with E-state index < -0.39 is 6.10 Å². The molecule has 164 valence electrons. The zero-order valence-electron chi connectivity index (χ0n) is 17.8. The molecule has 0 amide bonds. The third kappa shape index (κ3) is 4.40. The molecule has 0 saturated heterocycles. The molecule has 1 atom stereocenters. The van der Waals surface area contributed by atoms with Gasteiger partial charge in [0.2, 0.25) is 0 Å². The highest BCUT2D eigenvalue weighted by Crippen LogP contribution is 2.22. The van der Waals surface area contributed by atoms with Crippen molar-refractivity contribution in [1.29, 1.82) is 0 Å². The van der Waals surface area contributed by atoms with Crippen molar-refractivity contribution in [3.05, 3.63) is 108 Å². The maximum atomic E-state index is 12.9. The Labute approximate surface area is 190 Å². The molecule has 0 spiro atoms. The molecule has 1 unspecified atom stereocenters. The summed E-state index contributed by atoms with van der Waals surface area (Å²) in [4.78, 5) is 17.3. The molecule has 7 nitrogen and oxygen atoms in total. The van der Waals surface area contributed by atoms with E-state index in [4.69, 9.17) is 4.74 Å². The summed E-state index contributed by atoms with van der Waals surface area (Å²) < 4.78 is 8.72. The van der Waals surface area contributed by atoms with Gasteiger partial charge in [0.15, 0.2) is 5.65 Å². The summed E-state index contributed by atoms with van der Waals surface area (Å²) in [5.41, 5.74) is 3.26. The molecule has 2 heterocycles. The fourth-order valence-electron chi connectivity index (χ4n) is 3.68. The first kappa shape index (κ1) is 20.7. The Morgan fingerprint density at radius 1 is 0.879 bits per heavy atom. The van der Waals surface area contributed by atoms with Gasteiger partial charge in [0, 0.05) is 0 Å². The van der Waals surface area contributed by atoms with Gasteiger partial charge >= 0.3 is 0 Å². The summed E-state index contributed by atoms with van der Waals surface area (Å²) in [5.74, 6) is 0.652. The van der Waals surface area contributed by atoms with Crippen molar-refractivity contribution < 1.29 is 9.84 Å². The fraction of sp³-hybridized carbons (Fsp3) is 0.115. The molecule has 33 heavy (non-hydrogen) atoms. The van der Waals surface area contributed by atoms with Crippen molar-refractivity contribution in [1.82, 2.24) is 19.3 Å². The van der Waals surface area contributed by atoms with Gasteiger partial charge in [-0.2, -0.15) is 5.10 Å². The van der Waals surface area contributed by atoms with Crippen LogP contribution in [0.2, 0.25) is 0 Å². The molecule has 7 heteroatoms. The van der Waals surface area contributed by atoms with Crippen LogP contribution in [0.4, 0.5) is 0 Å². The Bertz CT molecular complexity index is 1410. The number of aliphatic hydroxyl groups excluding tert-OH is 1. The normalized spacial score (nSPS) is 12.0. The quantitative estimate of drug-likeness (QED) is 0.419. The summed E-state index contributed by atoms with van der Waals surface area (Å²) in [5, 5.41) is 15.1. The van der Waals surface area contributed by atoms with E-state index in [1.54, 1.807) is 4.68 Å². The number of hydrogen-bond acceptors (Lipinski definition) is 5. The molecule has 3 aromatic carbocycles. The van der Waals surface area contributed by atoms with E-state index in [9.17, 15) is 9.90 Å². The van der Waals surface area contributed by atoms with E-state index in [1.807, 2.05) is 84.9 Å². The van der Waals surface area contributed by atoms with Crippen LogP contribution in [0.3, 0.4) is 0 Å². The van der Waals surface area contributed by atoms with Crippen LogP contribution < -0.4 is 10.3 Å². The highest BCUT2D eigenvalue weighted by Gasteiger charge is 2.14. The second-order valence-electron chi connectivity index (χ2n) is 7.69. The Morgan fingerprint density at radius 2 is 1.55 bits per heavy atom. The lowest BCUT2D eigenvalue weighted by molar-refractivity contribution is 0.0915. The number of benzene rings is 3. The monoisotopic (exact) mass is 438 g/mol. The van der Waals surface area contributed by atoms with E-state index in [0.717, 1.165) is 16.8 Å². The van der Waals surface area contributed by atoms with E-state index in [1.165, 1.54) is 17.1 Å². The number of hydrogen-bond donors (Lipinski definition) is 1. The average molecular weight is 438 g/mol. The van der Waals surface area contributed by atoms with Crippen LogP contribution in [0.1, 0.15) is 0 Å². The van der Waals surface area contributed by atoms with Crippen LogP contribution in [0.15, 0.2) is 102 Å². The average Bonchev–Trinajstić information content (AvgIpc) is 3.31. The standard InChI is InChI=1S/C26H22N4O3/c31-22(17-33-23-13-11-20(12-14-23)19-7-3-1-4-8-19)16-29-18-27-25-24(26(29)32)15-28-30(25)21-9-5-2-6-10-21/h1-15,18,22,31H,16-17H2. The van der Waals surface area contributed by atoms with Crippen molar-refractivity contribution in [3.8, 4) is 22.6 Å². The minimum atomic E-state index is -0.875. The predicted octanol–water partition coefficient (Wildman–Crippen LogP) is 3.69. The summed E-state index contributed by atoms with van der Waals surface area (Å²) in [6, 6.07) is 27.3. The SMILES string of the molecule is O=c1c2cnn(-c3ccccc3)c2ncn1CC(O)COc1ccc(-c2ccccc2)cc1. The Kier molecular flexibility index (Phi) is 5.70. The number of para-hydroxylation sites is 1. The summed E-state index contributed by atoms with van der Waals surface area (Å²) >= 11 is 0. The number of ether oxygens (including phenoxy) is 1. The van der Waals surface area contributed by atoms with Gasteiger partial charge in [0.1, 0.15) is 30.2 Å². The Hall–Kier alpha value is -4.23. The minimum absolute atomic E-state index is 0.0540. The Balaban J connectivity index is 1.25. The van der Waals surface area contributed by atoms with E-state index in [0.29, 0.717) is 16.8 Å². The molecule has 1 N–H and O–H groups in total. The van der Waals surface area contributed by atoms with Crippen molar-refractivity contribution in [3.63, 3.8) is 0 Å². The molecule has 0 aliphatic heterocycles. The molecule has 0 radical (unpaired) electrons. The summed E-state index contributed by atoms with van der Waals surface area (Å²) in [7, 11) is 0. The molecule has 0 fully saturated rings. The van der Waals surface area contributed by atoms with Gasteiger partial charge in [0.05, 0.1) is 18.4 Å². The third-order valence-corrected chi connectivity index (χ3v) is 5.37. The second kappa shape index (κ2) is 9.10. The van der Waals surface area contributed by atoms with Crippen LogP contribution in [-0.4, -0.2) is 37.1 Å². The largest absolute Gasteiger partial charge is 0.491 e. The van der Waals surface area contributed by atoms with Gasteiger partial charge < -0.3 is 9.84 Å². The number of aliphatic hydroxyl groups is 1. The number of fused-ring (bicyclic) bond motifs is 1. The minimum Gasteiger partial charge on any atom is -0.491 e. The second-order valence-corrected chi connectivity index (χ2v) is 7.69. The van der Waals surface area contributed by atoms with Gasteiger partial charge in [-0.3, -0.25) is 9.36 Å². The van der Waals surface area contributed by atoms with Crippen LogP contribution in [0, 0.1) is 0 Å². The van der Waals surface area contributed by atoms with Crippen molar-refractivity contribution in [2.24, 2.45) is 0 Å². The van der Waals surface area contributed by atoms with Gasteiger partial charge in [-0.05, 0) is 35.4 Å². The van der Waals surface area contributed by atoms with Crippen LogP contribution in [-0.2, 0) is 6.54 Å². The first-order valence-electron chi connectivity index (χ1n) is 10.6. The zero-order valence-corrected chi connectivity index (χ0v) is 17.8. The molecule has 0 bridgehead atoms. The molecule has 2 aromatic heterocycles. The highest BCUT2D eigenvalue weighted by molar-refractivity contribution is 5.74. The molecule has 0 aliphatic carbocycles. The van der Waals surface area contributed by atoms with Crippen LogP contribution >= 0.6 is 0 Å². The number of nitrogens with zero attached hydrogens (tertiary/aromatic N) is 4. The lowest BCUT2D eigenvalue weighted by atomic mass is 10.1. The molecular formula is C26H22N4O3. The van der Waals surface area contributed by atoms with E-state index >= 15 is 0 Å². The van der Waals surface area contributed by atoms with Crippen molar-refractivity contribution in [2.45, 2.75) is 12.6 Å². The van der Waals surface area contributed by atoms with Crippen molar-refractivity contribution in [2.75, 3.05) is 6.61 Å². The maximum Gasteiger partial charge on any atom is 0.264 e. The van der Waals surface area contributed by atoms with E-state index in [2.05, 4.69) is 10.1 Å². The molecule has 5 rings (SSSR count). The van der Waals surface area contributed by atoms with E-state index in [-0.39, 0.29) is 18.7 Å². The number of aromatic nitrogens is 4. The van der Waals surface area contributed by atoms with Crippen LogP contribution in [0.5, 0.6) is 5.75 Å². The smallest absolute Gasteiger partial charge is 0.264 e. The molecule has 0 aliphatic rings. The number of rotatable bonds is 7. The van der Waals surface area contributed by atoms with Gasteiger partial charge in [-0.1, -0.05) is 60.7 Å². The maximum absolute atomic E-state index is 12.9. The summed E-state index contributed by atoms with van der Waals surface area (Å²) in [6.07, 6.45) is 2.06. The Morgan fingerprint density at radius 3 is 2.27 bits per heavy atom. The van der Waals surface area contributed by atoms with Gasteiger partial charge in [-0.25, -0.2) is 9.67 Å². The lowest BCUT2D eigenvalue weighted by Gasteiger charge is -2.14. The molecule has 5 aromatic rings. The van der Waals surface area contributed by atoms with Gasteiger partial charge in [-0.15, -0.1) is 0 Å². The molecule has 0 saturated carbocycles. The zero-order chi connectivity index (χ0) is 22.6. The van der Waals surface area contributed by atoms with Crippen LogP contribution in [0.25, 0.3) is 27.8 Å². The summed E-state index contributed by atoms with van der Waals surface area (Å²) in [6.45, 7) is 0.124. The third-order valence-electron chi connectivity index (χ3n) is 5.37.